The maximum atomic E-state index is 5.77. The molecule has 1 saturated carbocycles. The molecule has 33 heavy (non-hydrogen) atoms. The number of hydrogen-bond acceptors (Lipinski definition) is 9. The monoisotopic (exact) mass is 463 g/mol. The SMILES string of the molecule is c1csc(Oc2ccc(Nc3nc(N4CCOCC4)nc4c3ncn4C3CCCC3)cc2)n1. The zero-order valence-corrected chi connectivity index (χ0v) is 19.0. The van der Waals surface area contributed by atoms with Gasteiger partial charge in [-0.05, 0) is 37.1 Å². The standard InChI is InChI=1S/C23H25N7O2S/c1-2-4-17(3-1)30-15-25-19-20(27-22(28-21(19)30)29-10-12-31-13-11-29)26-16-5-7-18(8-6-16)32-23-24-9-14-33-23/h5-9,14-15,17H,1-4,10-13H2,(H,26,27,28). The van der Waals surface area contributed by atoms with Crippen LogP contribution < -0.4 is 15.0 Å². The molecule has 1 saturated heterocycles. The van der Waals surface area contributed by atoms with Crippen molar-refractivity contribution in [2.75, 3.05) is 36.5 Å². The predicted octanol–water partition coefficient (Wildman–Crippen LogP) is 4.77. The minimum Gasteiger partial charge on any atom is -0.431 e. The van der Waals surface area contributed by atoms with E-state index in [1.165, 1.54) is 37.0 Å². The molecule has 9 nitrogen and oxygen atoms in total. The van der Waals surface area contributed by atoms with Crippen molar-refractivity contribution in [2.24, 2.45) is 0 Å². The van der Waals surface area contributed by atoms with E-state index >= 15 is 0 Å². The highest BCUT2D eigenvalue weighted by Crippen LogP contribution is 2.34. The molecule has 0 atom stereocenters. The molecule has 2 fully saturated rings. The lowest BCUT2D eigenvalue weighted by Crippen LogP contribution is -2.37. The number of benzene rings is 1. The van der Waals surface area contributed by atoms with Crippen molar-refractivity contribution in [3.05, 3.63) is 42.2 Å². The van der Waals surface area contributed by atoms with E-state index in [0.29, 0.717) is 30.3 Å². The van der Waals surface area contributed by atoms with Crippen LogP contribution in [-0.4, -0.2) is 50.8 Å². The summed E-state index contributed by atoms with van der Waals surface area (Å²) in [4.78, 5) is 20.9. The molecule has 1 aromatic carbocycles. The molecule has 0 amide bonds. The van der Waals surface area contributed by atoms with E-state index in [1.54, 1.807) is 6.20 Å². The van der Waals surface area contributed by atoms with E-state index in [2.05, 4.69) is 19.8 Å². The normalized spacial score (nSPS) is 17.0. The van der Waals surface area contributed by atoms with Gasteiger partial charge in [-0.2, -0.15) is 9.97 Å². The molecule has 1 aliphatic carbocycles. The molecule has 0 spiro atoms. The third-order valence-electron chi connectivity index (χ3n) is 6.15. The number of imidazole rings is 1. The Labute approximate surface area is 195 Å². The highest BCUT2D eigenvalue weighted by atomic mass is 32.1. The van der Waals surface area contributed by atoms with Crippen LogP contribution in [0.1, 0.15) is 31.7 Å². The van der Waals surface area contributed by atoms with Gasteiger partial charge in [0.1, 0.15) is 5.75 Å². The number of rotatable bonds is 6. The second-order valence-corrected chi connectivity index (χ2v) is 9.14. The van der Waals surface area contributed by atoms with Crippen LogP contribution in [0.4, 0.5) is 17.5 Å². The van der Waals surface area contributed by atoms with Crippen LogP contribution >= 0.6 is 11.3 Å². The molecule has 1 aliphatic heterocycles. The van der Waals surface area contributed by atoms with Gasteiger partial charge in [0.2, 0.25) is 5.95 Å². The van der Waals surface area contributed by atoms with Crippen LogP contribution in [0, 0.1) is 0 Å². The van der Waals surface area contributed by atoms with Crippen molar-refractivity contribution in [3.8, 4) is 10.9 Å². The Hall–Kier alpha value is -3.24. The fraction of sp³-hybridized carbons (Fsp3) is 0.391. The van der Waals surface area contributed by atoms with Gasteiger partial charge in [0.25, 0.3) is 5.19 Å². The lowest BCUT2D eigenvalue weighted by Gasteiger charge is -2.27. The third-order valence-corrected chi connectivity index (χ3v) is 6.80. The molecular weight excluding hydrogens is 438 g/mol. The summed E-state index contributed by atoms with van der Waals surface area (Å²) in [5.41, 5.74) is 2.59. The molecule has 10 heteroatoms. The summed E-state index contributed by atoms with van der Waals surface area (Å²) in [7, 11) is 0. The van der Waals surface area contributed by atoms with Crippen molar-refractivity contribution >= 4 is 40.0 Å². The largest absolute Gasteiger partial charge is 0.431 e. The minimum atomic E-state index is 0.456. The van der Waals surface area contributed by atoms with Gasteiger partial charge < -0.3 is 24.3 Å². The van der Waals surface area contributed by atoms with Crippen LogP contribution in [0.25, 0.3) is 11.2 Å². The van der Waals surface area contributed by atoms with E-state index in [4.69, 9.17) is 24.4 Å². The van der Waals surface area contributed by atoms with E-state index in [-0.39, 0.29) is 0 Å². The summed E-state index contributed by atoms with van der Waals surface area (Å²) in [6, 6.07) is 8.24. The number of anilines is 3. The number of nitrogens with zero attached hydrogens (tertiary/aromatic N) is 6. The Morgan fingerprint density at radius 1 is 1.03 bits per heavy atom. The quantitative estimate of drug-likeness (QED) is 0.437. The number of thiazole rings is 1. The summed E-state index contributed by atoms with van der Waals surface area (Å²) in [6.45, 7) is 2.94. The predicted molar refractivity (Wildman–Crippen MR) is 128 cm³/mol. The Balaban J connectivity index is 1.33. The first-order valence-electron chi connectivity index (χ1n) is 11.4. The first kappa shape index (κ1) is 20.4. The van der Waals surface area contributed by atoms with E-state index in [1.807, 2.05) is 36.0 Å². The fourth-order valence-electron chi connectivity index (χ4n) is 4.45. The van der Waals surface area contributed by atoms with Gasteiger partial charge in [-0.3, -0.25) is 0 Å². The first-order chi connectivity index (χ1) is 16.3. The van der Waals surface area contributed by atoms with Crippen molar-refractivity contribution in [1.82, 2.24) is 24.5 Å². The Morgan fingerprint density at radius 2 is 1.85 bits per heavy atom. The summed E-state index contributed by atoms with van der Waals surface area (Å²) >= 11 is 1.46. The Bertz CT molecular complexity index is 1210. The Morgan fingerprint density at radius 3 is 2.61 bits per heavy atom. The fourth-order valence-corrected chi connectivity index (χ4v) is 4.96. The molecule has 4 heterocycles. The average Bonchev–Trinajstić information content (AvgIpc) is 3.63. The van der Waals surface area contributed by atoms with Gasteiger partial charge in [-0.25, -0.2) is 9.97 Å². The average molecular weight is 464 g/mol. The zero-order valence-electron chi connectivity index (χ0n) is 18.2. The van der Waals surface area contributed by atoms with E-state index in [9.17, 15) is 0 Å². The van der Waals surface area contributed by atoms with Crippen LogP contribution in [-0.2, 0) is 4.74 Å². The van der Waals surface area contributed by atoms with E-state index < -0.39 is 0 Å². The molecule has 2 aliphatic rings. The lowest BCUT2D eigenvalue weighted by molar-refractivity contribution is 0.122. The van der Waals surface area contributed by atoms with Gasteiger partial charge in [0, 0.05) is 36.4 Å². The maximum Gasteiger partial charge on any atom is 0.278 e. The van der Waals surface area contributed by atoms with Crippen LogP contribution in [0.5, 0.6) is 10.9 Å². The highest BCUT2D eigenvalue weighted by Gasteiger charge is 2.24. The van der Waals surface area contributed by atoms with Crippen LogP contribution in [0.3, 0.4) is 0 Å². The van der Waals surface area contributed by atoms with Gasteiger partial charge in [-0.1, -0.05) is 24.2 Å². The highest BCUT2D eigenvalue weighted by molar-refractivity contribution is 7.11. The Kier molecular flexibility index (Phi) is 5.53. The number of morpholine rings is 1. The molecule has 170 valence electrons. The smallest absolute Gasteiger partial charge is 0.278 e. The summed E-state index contributed by atoms with van der Waals surface area (Å²) in [5.74, 6) is 2.17. The maximum absolute atomic E-state index is 5.77. The van der Waals surface area contributed by atoms with Crippen LogP contribution in [0.15, 0.2) is 42.2 Å². The topological polar surface area (TPSA) is 90.2 Å². The third kappa shape index (κ3) is 4.23. The molecular formula is C23H25N7O2S. The zero-order chi connectivity index (χ0) is 22.0. The number of aromatic nitrogens is 5. The van der Waals surface area contributed by atoms with Gasteiger partial charge in [0.05, 0.1) is 19.5 Å². The van der Waals surface area contributed by atoms with Gasteiger partial charge in [-0.15, -0.1) is 0 Å². The summed E-state index contributed by atoms with van der Waals surface area (Å²) in [6.07, 6.45) is 8.51. The molecule has 3 aromatic heterocycles. The summed E-state index contributed by atoms with van der Waals surface area (Å²) < 4.78 is 13.5. The molecule has 4 aromatic rings. The first-order valence-corrected chi connectivity index (χ1v) is 12.2. The van der Waals surface area contributed by atoms with Gasteiger partial charge >= 0.3 is 0 Å². The molecule has 0 radical (unpaired) electrons. The second kappa shape index (κ2) is 8.95. The van der Waals surface area contributed by atoms with Crippen molar-refractivity contribution in [1.29, 1.82) is 0 Å². The number of fused-ring (bicyclic) bond motifs is 1. The van der Waals surface area contributed by atoms with Crippen molar-refractivity contribution in [2.45, 2.75) is 31.7 Å². The van der Waals surface area contributed by atoms with Crippen molar-refractivity contribution < 1.29 is 9.47 Å². The summed E-state index contributed by atoms with van der Waals surface area (Å²) in [5, 5.41) is 5.98. The molecule has 1 N–H and O–H groups in total. The second-order valence-electron chi connectivity index (χ2n) is 8.28. The van der Waals surface area contributed by atoms with Crippen molar-refractivity contribution in [3.63, 3.8) is 0 Å². The molecule has 0 bridgehead atoms. The van der Waals surface area contributed by atoms with E-state index in [0.717, 1.165) is 41.6 Å². The molecule has 6 rings (SSSR count). The van der Waals surface area contributed by atoms with Gasteiger partial charge in [0.15, 0.2) is 17.0 Å². The minimum absolute atomic E-state index is 0.456. The number of nitrogens with one attached hydrogen (secondary N) is 1. The van der Waals surface area contributed by atoms with Crippen LogP contribution in [0.2, 0.25) is 0 Å². The number of ether oxygens (including phenoxy) is 2. The number of hydrogen-bond donors (Lipinski definition) is 1. The lowest BCUT2D eigenvalue weighted by atomic mass is 10.2. The molecule has 0 unspecified atom stereocenters.